The molecule has 1 amide bonds. The number of nitrogens with zero attached hydrogens (tertiary/aromatic N) is 3. The smallest absolute Gasteiger partial charge is 0.301 e. The fourth-order valence-corrected chi connectivity index (χ4v) is 4.85. The van der Waals surface area contributed by atoms with E-state index >= 15 is 0 Å². The molecular formula is C28H23N3O5S. The highest BCUT2D eigenvalue weighted by Crippen LogP contribution is 2.43. The minimum Gasteiger partial charge on any atom is -0.507 e. The molecule has 0 aliphatic carbocycles. The molecule has 1 fully saturated rings. The van der Waals surface area contributed by atoms with Crippen molar-refractivity contribution < 1.29 is 24.2 Å². The average molecular weight is 514 g/mol. The van der Waals surface area contributed by atoms with Crippen LogP contribution in [0.3, 0.4) is 0 Å². The number of aliphatic hydroxyl groups is 1. The Bertz CT molecular complexity index is 1480. The van der Waals surface area contributed by atoms with Crippen molar-refractivity contribution in [1.29, 1.82) is 0 Å². The van der Waals surface area contributed by atoms with Crippen LogP contribution >= 0.6 is 11.3 Å². The van der Waals surface area contributed by atoms with E-state index in [-0.39, 0.29) is 16.5 Å². The third-order valence-electron chi connectivity index (χ3n) is 5.76. The number of aromatic nitrogens is 2. The molecule has 1 aliphatic rings. The number of ether oxygens (including phenoxy) is 2. The van der Waals surface area contributed by atoms with Gasteiger partial charge in [0, 0.05) is 5.56 Å². The second-order valence-electron chi connectivity index (χ2n) is 8.22. The molecule has 1 atom stereocenters. The fourth-order valence-electron chi connectivity index (χ4n) is 4.13. The lowest BCUT2D eigenvalue weighted by Gasteiger charge is -2.23. The van der Waals surface area contributed by atoms with Crippen LogP contribution in [0.25, 0.3) is 5.76 Å². The van der Waals surface area contributed by atoms with Crippen LogP contribution in [0.5, 0.6) is 17.2 Å². The number of Topliss-reactive ketones (excluding diaryl/α,β-unsaturated/α-hetero) is 1. The Morgan fingerprint density at radius 1 is 0.946 bits per heavy atom. The highest BCUT2D eigenvalue weighted by Gasteiger charge is 2.48. The molecule has 1 aliphatic heterocycles. The van der Waals surface area contributed by atoms with Crippen molar-refractivity contribution in [2.45, 2.75) is 19.9 Å². The van der Waals surface area contributed by atoms with Crippen molar-refractivity contribution in [3.8, 4) is 17.2 Å². The van der Waals surface area contributed by atoms with Gasteiger partial charge in [0.25, 0.3) is 5.78 Å². The molecular weight excluding hydrogens is 490 g/mol. The Labute approximate surface area is 217 Å². The van der Waals surface area contributed by atoms with Crippen molar-refractivity contribution in [3.63, 3.8) is 0 Å². The summed E-state index contributed by atoms with van der Waals surface area (Å²) >= 11 is 1.19. The summed E-state index contributed by atoms with van der Waals surface area (Å²) in [7, 11) is 0. The Morgan fingerprint density at radius 2 is 1.68 bits per heavy atom. The van der Waals surface area contributed by atoms with Crippen LogP contribution in [0.2, 0.25) is 0 Å². The van der Waals surface area contributed by atoms with E-state index in [0.717, 1.165) is 0 Å². The zero-order valence-corrected chi connectivity index (χ0v) is 20.9. The van der Waals surface area contributed by atoms with Gasteiger partial charge in [-0.1, -0.05) is 41.7 Å². The molecule has 0 unspecified atom stereocenters. The minimum absolute atomic E-state index is 0.0427. The van der Waals surface area contributed by atoms with Gasteiger partial charge in [0.1, 0.15) is 28.0 Å². The molecule has 9 heteroatoms. The van der Waals surface area contributed by atoms with Crippen LogP contribution in [-0.2, 0) is 9.59 Å². The number of hydrogen-bond acceptors (Lipinski definition) is 8. The average Bonchev–Trinajstić information content (AvgIpc) is 3.45. The van der Waals surface area contributed by atoms with Crippen LogP contribution in [0, 0.1) is 6.92 Å². The number of hydrogen-bond donors (Lipinski definition) is 1. The van der Waals surface area contributed by atoms with Gasteiger partial charge in [-0.05, 0) is 67.9 Å². The van der Waals surface area contributed by atoms with Gasteiger partial charge in [0.05, 0.1) is 18.2 Å². The summed E-state index contributed by atoms with van der Waals surface area (Å²) < 4.78 is 11.5. The molecule has 0 saturated carbocycles. The predicted octanol–water partition coefficient (Wildman–Crippen LogP) is 5.66. The normalized spacial score (nSPS) is 16.7. The summed E-state index contributed by atoms with van der Waals surface area (Å²) in [5, 5.41) is 20.4. The Hall–Kier alpha value is -4.50. The van der Waals surface area contributed by atoms with Gasteiger partial charge < -0.3 is 14.6 Å². The summed E-state index contributed by atoms with van der Waals surface area (Å²) in [6.07, 6.45) is 0. The molecule has 37 heavy (non-hydrogen) atoms. The number of aliphatic hydroxyl groups excluding tert-OH is 1. The van der Waals surface area contributed by atoms with E-state index in [4.69, 9.17) is 9.47 Å². The lowest BCUT2D eigenvalue weighted by atomic mass is 9.95. The van der Waals surface area contributed by atoms with Crippen LogP contribution in [0.4, 0.5) is 5.13 Å². The molecule has 3 aromatic carbocycles. The summed E-state index contributed by atoms with van der Waals surface area (Å²) in [4.78, 5) is 27.9. The van der Waals surface area contributed by atoms with Gasteiger partial charge in [-0.15, -0.1) is 10.2 Å². The molecule has 5 rings (SSSR count). The third kappa shape index (κ3) is 4.81. The molecule has 4 aromatic rings. The van der Waals surface area contributed by atoms with Crippen molar-refractivity contribution >= 4 is 33.9 Å². The molecule has 0 spiro atoms. The minimum atomic E-state index is -0.932. The second-order valence-corrected chi connectivity index (χ2v) is 9.38. The molecule has 186 valence electrons. The van der Waals surface area contributed by atoms with E-state index in [2.05, 4.69) is 10.2 Å². The van der Waals surface area contributed by atoms with Crippen molar-refractivity contribution in [1.82, 2.24) is 10.2 Å². The summed E-state index contributed by atoms with van der Waals surface area (Å²) in [6, 6.07) is 22.1. The molecule has 0 bridgehead atoms. The highest BCUT2D eigenvalue weighted by atomic mass is 32.1. The lowest BCUT2D eigenvalue weighted by Crippen LogP contribution is -2.29. The first kappa shape index (κ1) is 24.2. The summed E-state index contributed by atoms with van der Waals surface area (Å²) in [5.41, 5.74) is 0.920. The number of benzene rings is 3. The topological polar surface area (TPSA) is 102 Å². The van der Waals surface area contributed by atoms with Gasteiger partial charge in [0.15, 0.2) is 0 Å². The number of ketones is 1. The van der Waals surface area contributed by atoms with Crippen molar-refractivity contribution in [2.75, 3.05) is 11.5 Å². The van der Waals surface area contributed by atoms with E-state index in [9.17, 15) is 14.7 Å². The van der Waals surface area contributed by atoms with Crippen LogP contribution in [0.15, 0.2) is 84.4 Å². The van der Waals surface area contributed by atoms with Gasteiger partial charge >= 0.3 is 5.91 Å². The van der Waals surface area contributed by atoms with Crippen LogP contribution in [-0.4, -0.2) is 33.6 Å². The lowest BCUT2D eigenvalue weighted by molar-refractivity contribution is -0.132. The SMILES string of the molecule is CCOc1ccc(C(O)=C2C(=O)C(=O)N(c3nnc(C)s3)[C@@H]2c2cccc(Oc3ccccc3)c2)cc1. The van der Waals surface area contributed by atoms with E-state index < -0.39 is 17.7 Å². The van der Waals surface area contributed by atoms with Crippen molar-refractivity contribution in [2.24, 2.45) is 0 Å². The number of carbonyl (C=O) groups is 2. The molecule has 1 saturated heterocycles. The van der Waals surface area contributed by atoms with Crippen LogP contribution < -0.4 is 14.4 Å². The van der Waals surface area contributed by atoms with Gasteiger partial charge in [-0.2, -0.15) is 0 Å². The molecule has 0 radical (unpaired) electrons. The first-order valence-corrected chi connectivity index (χ1v) is 12.4. The van der Waals surface area contributed by atoms with Gasteiger partial charge in [-0.3, -0.25) is 14.5 Å². The first-order chi connectivity index (χ1) is 18.0. The maximum absolute atomic E-state index is 13.3. The molecule has 1 aromatic heterocycles. The number of anilines is 1. The number of carbonyl (C=O) groups excluding carboxylic acids is 2. The number of amides is 1. The monoisotopic (exact) mass is 513 g/mol. The Kier molecular flexibility index (Phi) is 6.70. The molecule has 8 nitrogen and oxygen atoms in total. The molecule has 2 heterocycles. The van der Waals surface area contributed by atoms with Crippen molar-refractivity contribution in [3.05, 3.63) is 101 Å². The zero-order valence-electron chi connectivity index (χ0n) is 20.1. The molecule has 1 N–H and O–H groups in total. The third-order valence-corrected chi connectivity index (χ3v) is 6.60. The van der Waals surface area contributed by atoms with Gasteiger partial charge in [0.2, 0.25) is 5.13 Å². The fraction of sp³-hybridized carbons (Fsp3) is 0.143. The standard InChI is InChI=1S/C28H23N3O5S/c1-3-35-20-14-12-18(13-15-20)25(32)23-24(31(27(34)26(23)33)28-30-29-17(2)37-28)19-8-7-11-22(16-19)36-21-9-5-4-6-10-21/h4-16,24,32H,3H2,1-2H3/t24-/m1/s1. The number of para-hydroxylation sites is 1. The maximum atomic E-state index is 13.3. The van der Waals surface area contributed by atoms with Crippen LogP contribution in [0.1, 0.15) is 29.1 Å². The van der Waals surface area contributed by atoms with E-state index in [1.54, 1.807) is 55.5 Å². The number of aryl methyl sites for hydroxylation is 1. The Balaban J connectivity index is 1.62. The predicted molar refractivity (Wildman–Crippen MR) is 140 cm³/mol. The highest BCUT2D eigenvalue weighted by molar-refractivity contribution is 7.15. The summed E-state index contributed by atoms with van der Waals surface area (Å²) in [5.74, 6) is -0.0936. The quantitative estimate of drug-likeness (QED) is 0.193. The second kappa shape index (κ2) is 10.2. The zero-order chi connectivity index (χ0) is 25.9. The van der Waals surface area contributed by atoms with E-state index in [1.807, 2.05) is 37.3 Å². The van der Waals surface area contributed by atoms with E-state index in [1.165, 1.54) is 16.2 Å². The largest absolute Gasteiger partial charge is 0.507 e. The maximum Gasteiger partial charge on any atom is 0.301 e. The Morgan fingerprint density at radius 3 is 2.35 bits per heavy atom. The van der Waals surface area contributed by atoms with Gasteiger partial charge in [-0.25, -0.2) is 0 Å². The summed E-state index contributed by atoms with van der Waals surface area (Å²) in [6.45, 7) is 4.14. The first-order valence-electron chi connectivity index (χ1n) is 11.6. The van der Waals surface area contributed by atoms with E-state index in [0.29, 0.717) is 40.0 Å². The number of rotatable bonds is 7.